The van der Waals surface area contributed by atoms with Crippen LogP contribution in [0.3, 0.4) is 0 Å². The van der Waals surface area contributed by atoms with Gasteiger partial charge >= 0.3 is 0 Å². The van der Waals surface area contributed by atoms with Gasteiger partial charge in [0.25, 0.3) is 10.1 Å². The Morgan fingerprint density at radius 2 is 1.49 bits per heavy atom. The normalized spacial score (nSPS) is 19.3. The lowest BCUT2D eigenvalue weighted by Gasteiger charge is -2.27. The Hall–Kier alpha value is -3.01. The second-order valence-corrected chi connectivity index (χ2v) is 20.0. The molecule has 0 aromatic heterocycles. The van der Waals surface area contributed by atoms with Gasteiger partial charge < -0.3 is 4.90 Å². The summed E-state index contributed by atoms with van der Waals surface area (Å²) in [7, 11) is -4.01. The molecule has 0 radical (unpaired) electrons. The van der Waals surface area contributed by atoms with Crippen molar-refractivity contribution < 1.29 is 17.5 Å². The fourth-order valence-corrected chi connectivity index (χ4v) is 10.7. The largest absolute Gasteiger partial charge is 0.344 e. The summed E-state index contributed by atoms with van der Waals surface area (Å²) in [6.45, 7) is 13.1. The minimum atomic E-state index is -4.01. The van der Waals surface area contributed by atoms with Crippen LogP contribution in [0.5, 0.6) is 0 Å². The number of anilines is 1. The molecule has 1 aliphatic carbocycles. The third kappa shape index (κ3) is 7.83. The third-order valence-corrected chi connectivity index (χ3v) is 14.0. The van der Waals surface area contributed by atoms with Gasteiger partial charge in [-0.25, -0.2) is 0 Å². The highest BCUT2D eigenvalue weighted by atomic mass is 79.9. The summed E-state index contributed by atoms with van der Waals surface area (Å²) in [4.78, 5) is 2.33. The molecule has 0 unspecified atom stereocenters. The van der Waals surface area contributed by atoms with Gasteiger partial charge in [0.05, 0.1) is 11.2 Å². The lowest BCUT2D eigenvalue weighted by molar-refractivity contribution is -0.438. The van der Waals surface area contributed by atoms with E-state index in [1.807, 2.05) is 0 Å². The van der Waals surface area contributed by atoms with E-state index in [0.717, 1.165) is 62.3 Å². The maximum absolute atomic E-state index is 11.5. The number of nitrogens with zero attached hydrogens (tertiary/aromatic N) is 2. The minimum absolute atomic E-state index is 0.186. The number of hydrogen-bond acceptors (Lipinski definition) is 3. The quantitative estimate of drug-likeness (QED) is 0.0874. The first-order chi connectivity index (χ1) is 26.1. The van der Waals surface area contributed by atoms with Gasteiger partial charge in [-0.15, -0.1) is 0 Å². The molecule has 0 bridgehead atoms. The summed E-state index contributed by atoms with van der Waals surface area (Å²) in [5, 5.41) is 5.74. The molecule has 0 spiro atoms. The molecule has 0 atom stereocenters. The van der Waals surface area contributed by atoms with E-state index in [9.17, 15) is 13.0 Å². The van der Waals surface area contributed by atoms with Crippen LogP contribution in [0.4, 0.5) is 11.4 Å². The average molecular weight is 906 g/mol. The van der Waals surface area contributed by atoms with E-state index in [1.54, 1.807) is 0 Å². The molecule has 4 aromatic carbocycles. The summed E-state index contributed by atoms with van der Waals surface area (Å²) in [6.07, 6.45) is 15.3. The van der Waals surface area contributed by atoms with Crippen molar-refractivity contribution >= 4 is 92.2 Å². The van der Waals surface area contributed by atoms with Crippen LogP contribution in [-0.2, 0) is 20.9 Å². The smallest absolute Gasteiger partial charge is 0.264 e. The van der Waals surface area contributed by atoms with Gasteiger partial charge in [0.2, 0.25) is 5.69 Å². The van der Waals surface area contributed by atoms with Crippen molar-refractivity contribution in [3.05, 3.63) is 127 Å². The van der Waals surface area contributed by atoms with Crippen LogP contribution in [-0.4, -0.2) is 42.1 Å². The molecule has 0 fully saturated rings. The first-order valence-electron chi connectivity index (χ1n) is 19.4. The Morgan fingerprint density at radius 3 is 2.16 bits per heavy atom. The second kappa shape index (κ2) is 15.7. The van der Waals surface area contributed by atoms with Gasteiger partial charge in [-0.3, -0.25) is 4.55 Å². The Morgan fingerprint density at radius 1 is 0.818 bits per heavy atom. The number of halogens is 3. The predicted molar refractivity (Wildman–Crippen MR) is 239 cm³/mol. The minimum Gasteiger partial charge on any atom is -0.344 e. The van der Waals surface area contributed by atoms with Gasteiger partial charge in [0.15, 0.2) is 5.71 Å². The second-order valence-electron chi connectivity index (χ2n) is 16.2. The fourth-order valence-electron chi connectivity index (χ4n) is 9.05. The molecule has 2 heterocycles. The molecule has 55 heavy (non-hydrogen) atoms. The SMILES string of the molecule is CCCCC[N+]1=C(/C=C/C2=C(Cl)C(=C/C=C3/N(CCCCS(=O)(=O)O)c4ccc5cc(Br)ccc5c4C3(C)C)/CC2)C(C)(C)c2c1ccc1cc(Br)ccc21. The van der Waals surface area contributed by atoms with Crippen molar-refractivity contribution in [2.45, 2.75) is 90.4 Å². The fraction of sp³-hybridized carbons (Fsp3) is 0.370. The number of hydrogen-bond donors (Lipinski definition) is 1. The number of unbranched alkanes of at least 4 members (excludes halogenated alkanes) is 3. The van der Waals surface area contributed by atoms with E-state index in [4.69, 9.17) is 11.6 Å². The van der Waals surface area contributed by atoms with Crippen LogP contribution in [0.15, 0.2) is 116 Å². The molecule has 288 valence electrons. The van der Waals surface area contributed by atoms with Crippen LogP contribution in [0, 0.1) is 0 Å². The van der Waals surface area contributed by atoms with Crippen molar-refractivity contribution in [3.63, 3.8) is 0 Å². The molecule has 4 aromatic rings. The van der Waals surface area contributed by atoms with Crippen LogP contribution >= 0.6 is 43.5 Å². The monoisotopic (exact) mass is 903 g/mol. The van der Waals surface area contributed by atoms with Crippen molar-refractivity contribution in [1.29, 1.82) is 0 Å². The standard InChI is InChI=1S/C46H49Br2ClN2O3S/c1-6-7-8-25-50-38-21-13-32-28-34(47)17-19-36(32)42(38)45(2,3)40(50)23-15-30-11-12-31(44(30)49)16-24-41-46(4,5)43-37-20-18-35(48)29-33(37)14-22-39(43)51(41)26-9-10-27-55(52,53)54/h13-24,28-29H,6-12,25-27H2,1-5H3/p+1. The van der Waals surface area contributed by atoms with Crippen LogP contribution < -0.4 is 4.90 Å². The molecule has 2 aliphatic heterocycles. The average Bonchev–Trinajstić information content (AvgIpc) is 3.66. The Bertz CT molecular complexity index is 2480. The summed E-state index contributed by atoms with van der Waals surface area (Å²) in [5.74, 6) is -0.240. The van der Waals surface area contributed by atoms with Crippen LogP contribution in [0.1, 0.15) is 90.7 Å². The van der Waals surface area contributed by atoms with E-state index in [1.165, 1.54) is 56.9 Å². The summed E-state index contributed by atoms with van der Waals surface area (Å²) in [6, 6.07) is 21.9. The Labute approximate surface area is 348 Å². The Kier molecular flexibility index (Phi) is 11.5. The molecule has 3 aliphatic rings. The van der Waals surface area contributed by atoms with Crippen LogP contribution in [0.2, 0.25) is 0 Å². The molecular formula is C46H50Br2ClN2O3S+. The first-order valence-corrected chi connectivity index (χ1v) is 23.0. The highest BCUT2D eigenvalue weighted by molar-refractivity contribution is 9.10. The molecule has 5 nitrogen and oxygen atoms in total. The molecule has 9 heteroatoms. The zero-order chi connectivity index (χ0) is 39.3. The van der Waals surface area contributed by atoms with E-state index < -0.39 is 10.1 Å². The first kappa shape index (κ1) is 40.2. The maximum atomic E-state index is 11.5. The lowest BCUT2D eigenvalue weighted by atomic mass is 9.79. The van der Waals surface area contributed by atoms with Gasteiger partial charge in [0, 0.05) is 61.4 Å². The zero-order valence-corrected chi connectivity index (χ0v) is 37.1. The number of benzene rings is 4. The van der Waals surface area contributed by atoms with E-state index >= 15 is 0 Å². The molecule has 7 rings (SSSR count). The highest BCUT2D eigenvalue weighted by Gasteiger charge is 2.45. The highest BCUT2D eigenvalue weighted by Crippen LogP contribution is 2.51. The van der Waals surface area contributed by atoms with Crippen molar-refractivity contribution in [3.8, 4) is 0 Å². The summed E-state index contributed by atoms with van der Waals surface area (Å²) in [5.41, 5.74) is 9.30. The van der Waals surface area contributed by atoms with E-state index in [2.05, 4.69) is 161 Å². The third-order valence-electron chi connectivity index (χ3n) is 11.7. The number of fused-ring (bicyclic) bond motifs is 6. The van der Waals surface area contributed by atoms with Crippen molar-refractivity contribution in [2.24, 2.45) is 0 Å². The molecular weight excluding hydrogens is 856 g/mol. The van der Waals surface area contributed by atoms with Crippen molar-refractivity contribution in [2.75, 3.05) is 23.7 Å². The molecule has 0 saturated carbocycles. The van der Waals surface area contributed by atoms with E-state index in [-0.39, 0.29) is 16.6 Å². The molecule has 1 N–H and O–H groups in total. The predicted octanol–water partition coefficient (Wildman–Crippen LogP) is 13.2. The van der Waals surface area contributed by atoms with Gasteiger partial charge in [-0.2, -0.15) is 13.0 Å². The topological polar surface area (TPSA) is 60.6 Å². The van der Waals surface area contributed by atoms with Gasteiger partial charge in [-0.05, 0) is 127 Å². The summed E-state index contributed by atoms with van der Waals surface area (Å²) < 4.78 is 37.0. The molecule has 0 saturated heterocycles. The maximum Gasteiger partial charge on any atom is 0.264 e. The molecule has 0 amide bonds. The van der Waals surface area contributed by atoms with Gasteiger partial charge in [0.1, 0.15) is 6.54 Å². The zero-order valence-electron chi connectivity index (χ0n) is 32.4. The summed E-state index contributed by atoms with van der Waals surface area (Å²) >= 11 is 14.6. The van der Waals surface area contributed by atoms with Crippen LogP contribution in [0.25, 0.3) is 21.5 Å². The van der Waals surface area contributed by atoms with Crippen molar-refractivity contribution in [1.82, 2.24) is 0 Å². The lowest BCUT2D eigenvalue weighted by Crippen LogP contribution is -2.28. The van der Waals surface area contributed by atoms with E-state index in [0.29, 0.717) is 19.4 Å². The number of rotatable bonds is 12. The Balaban J connectivity index is 1.23. The number of allylic oxidation sites excluding steroid dienone is 8. The van der Waals surface area contributed by atoms with Gasteiger partial charge in [-0.1, -0.05) is 101 Å².